The largest absolute Gasteiger partial charge is 2.00 e. The first kappa shape index (κ1) is 12.4. The van der Waals surface area contributed by atoms with E-state index in [4.69, 9.17) is 0 Å². The van der Waals surface area contributed by atoms with Crippen LogP contribution in [-0.4, -0.2) is 18.5 Å². The standard InChI is InChI=1S/C3H2O7.Fe/c4-1(5)9-3(8)10-2(6)7;/h(H,4,5)(H,6,7);/q;+2/p-2. The minimum absolute atomic E-state index is 0. The molecule has 0 spiro atoms. The SMILES string of the molecule is O=C([O-])OC(=O)OC(=O)[O-].[Fe+2]. The molecule has 0 N–H and O–H groups in total. The molecule has 8 heteroatoms. The molecule has 0 bridgehead atoms. The van der Waals surface area contributed by atoms with Crippen LogP contribution in [0.1, 0.15) is 0 Å². The van der Waals surface area contributed by atoms with Crippen molar-refractivity contribution in [2.45, 2.75) is 0 Å². The molecule has 0 unspecified atom stereocenters. The van der Waals surface area contributed by atoms with Crippen LogP contribution in [0.25, 0.3) is 0 Å². The Hall–Kier alpha value is -1.27. The van der Waals surface area contributed by atoms with Gasteiger partial charge in [-0.15, -0.1) is 0 Å². The number of rotatable bonds is 0. The van der Waals surface area contributed by atoms with Crippen molar-refractivity contribution in [1.82, 2.24) is 0 Å². The molecule has 0 aromatic rings. The van der Waals surface area contributed by atoms with Crippen molar-refractivity contribution in [2.75, 3.05) is 0 Å². The molecule has 0 aliphatic rings. The molecule has 0 atom stereocenters. The predicted molar refractivity (Wildman–Crippen MR) is 18.4 cm³/mol. The summed E-state index contributed by atoms with van der Waals surface area (Å²) < 4.78 is 6.17. The van der Waals surface area contributed by atoms with E-state index in [0.29, 0.717) is 0 Å². The normalized spacial score (nSPS) is 7.27. The number of ether oxygens (including phenoxy) is 2. The fourth-order valence-corrected chi connectivity index (χ4v) is 0.157. The summed E-state index contributed by atoms with van der Waals surface area (Å²) in [5.41, 5.74) is 0. The second-order valence-corrected chi connectivity index (χ2v) is 0.954. The number of carbonyl (C=O) groups excluding carboxylic acids is 3. The van der Waals surface area contributed by atoms with E-state index in [-0.39, 0.29) is 17.1 Å². The molecule has 7 nitrogen and oxygen atoms in total. The Balaban J connectivity index is 0. The molecule has 0 radical (unpaired) electrons. The van der Waals surface area contributed by atoms with E-state index >= 15 is 0 Å². The fourth-order valence-electron chi connectivity index (χ4n) is 0.157. The van der Waals surface area contributed by atoms with Crippen LogP contribution < -0.4 is 10.2 Å². The van der Waals surface area contributed by atoms with E-state index in [0.717, 1.165) is 0 Å². The summed E-state index contributed by atoms with van der Waals surface area (Å²) in [4.78, 5) is 28.5. The van der Waals surface area contributed by atoms with Crippen molar-refractivity contribution in [3.63, 3.8) is 0 Å². The van der Waals surface area contributed by atoms with Crippen molar-refractivity contribution in [2.24, 2.45) is 0 Å². The van der Waals surface area contributed by atoms with E-state index in [2.05, 4.69) is 9.47 Å². The molecule has 0 aromatic carbocycles. The van der Waals surface area contributed by atoms with E-state index in [9.17, 15) is 24.6 Å². The Morgan fingerprint density at radius 1 is 0.909 bits per heavy atom. The van der Waals surface area contributed by atoms with E-state index in [1.807, 2.05) is 0 Å². The second kappa shape index (κ2) is 5.51. The summed E-state index contributed by atoms with van der Waals surface area (Å²) in [6, 6.07) is 0. The third-order valence-corrected chi connectivity index (χ3v) is 0.333. The van der Waals surface area contributed by atoms with Gasteiger partial charge in [0.1, 0.15) is 0 Å². The van der Waals surface area contributed by atoms with Gasteiger partial charge in [-0.2, -0.15) is 0 Å². The van der Waals surface area contributed by atoms with Crippen molar-refractivity contribution < 1.29 is 51.1 Å². The van der Waals surface area contributed by atoms with Gasteiger partial charge >= 0.3 is 23.2 Å². The molecule has 0 amide bonds. The van der Waals surface area contributed by atoms with Crippen LogP contribution in [0, 0.1) is 0 Å². The number of carbonyl (C=O) groups is 3. The van der Waals surface area contributed by atoms with Gasteiger partial charge in [0.05, 0.1) is 0 Å². The molecule has 62 valence electrons. The maximum absolute atomic E-state index is 9.78. The van der Waals surface area contributed by atoms with Gasteiger partial charge in [0.2, 0.25) is 0 Å². The van der Waals surface area contributed by atoms with Crippen LogP contribution in [-0.2, 0) is 26.5 Å². The van der Waals surface area contributed by atoms with Crippen LogP contribution in [0.5, 0.6) is 0 Å². The van der Waals surface area contributed by atoms with Gasteiger partial charge in [-0.25, -0.2) is 4.79 Å². The Bertz CT molecular complexity index is 157. The van der Waals surface area contributed by atoms with Gasteiger partial charge in [0, 0.05) is 0 Å². The fraction of sp³-hybridized carbons (Fsp3) is 0. The smallest absolute Gasteiger partial charge is 0.467 e. The number of carboxylic acid groups (broad SMARTS) is 2. The first-order valence-electron chi connectivity index (χ1n) is 1.84. The van der Waals surface area contributed by atoms with Crippen LogP contribution in [0.2, 0.25) is 0 Å². The van der Waals surface area contributed by atoms with Gasteiger partial charge in [-0.3, -0.25) is 0 Å². The van der Waals surface area contributed by atoms with E-state index in [1.54, 1.807) is 0 Å². The molecule has 0 saturated heterocycles. The van der Waals surface area contributed by atoms with Gasteiger partial charge in [0.25, 0.3) is 12.3 Å². The number of hydrogen-bond acceptors (Lipinski definition) is 7. The average Bonchev–Trinajstić information content (AvgIpc) is 1.58. The van der Waals surface area contributed by atoms with Crippen molar-refractivity contribution in [3.05, 3.63) is 0 Å². The summed E-state index contributed by atoms with van der Waals surface area (Å²) in [6.07, 6.45) is -6.32. The molecular weight excluding hydrogens is 204 g/mol. The summed E-state index contributed by atoms with van der Waals surface area (Å²) >= 11 is 0. The topological polar surface area (TPSA) is 116 Å². The first-order valence-corrected chi connectivity index (χ1v) is 1.84. The third kappa shape index (κ3) is 8.73. The Morgan fingerprint density at radius 3 is 1.36 bits per heavy atom. The van der Waals surface area contributed by atoms with Crippen LogP contribution >= 0.6 is 0 Å². The molecule has 0 aliphatic carbocycles. The Kier molecular flexibility index (Phi) is 6.22. The molecule has 0 rings (SSSR count). The van der Waals surface area contributed by atoms with Crippen LogP contribution in [0.3, 0.4) is 0 Å². The van der Waals surface area contributed by atoms with Crippen LogP contribution in [0.15, 0.2) is 0 Å². The molecule has 0 aliphatic heterocycles. The summed E-state index contributed by atoms with van der Waals surface area (Å²) in [5.74, 6) is 0. The minimum Gasteiger partial charge on any atom is -0.467 e. The minimum atomic E-state index is -2.20. The zero-order valence-electron chi connectivity index (χ0n) is 4.71. The second-order valence-electron chi connectivity index (χ2n) is 0.954. The molecule has 11 heavy (non-hydrogen) atoms. The van der Waals surface area contributed by atoms with Crippen molar-refractivity contribution >= 4 is 18.5 Å². The molecule has 0 heterocycles. The summed E-state index contributed by atoms with van der Waals surface area (Å²) in [6.45, 7) is 0. The maximum Gasteiger partial charge on any atom is 2.00 e. The first-order chi connectivity index (χ1) is 4.52. The van der Waals surface area contributed by atoms with Gasteiger partial charge < -0.3 is 29.3 Å². The number of hydrogen-bond donors (Lipinski definition) is 0. The molecule has 0 saturated carbocycles. The van der Waals surface area contributed by atoms with Gasteiger partial charge in [-0.1, -0.05) is 0 Å². The monoisotopic (exact) mass is 204 g/mol. The molecule has 0 aromatic heterocycles. The van der Waals surface area contributed by atoms with Crippen LogP contribution in [0.4, 0.5) is 14.4 Å². The average molecular weight is 204 g/mol. The zero-order chi connectivity index (χ0) is 8.15. The Labute approximate surface area is 70.4 Å². The summed E-state index contributed by atoms with van der Waals surface area (Å²) in [7, 11) is 0. The molecular formula is C3FeO7. The van der Waals surface area contributed by atoms with Crippen molar-refractivity contribution in [3.8, 4) is 0 Å². The maximum atomic E-state index is 9.78. The Morgan fingerprint density at radius 2 is 1.18 bits per heavy atom. The molecule has 0 fully saturated rings. The quantitative estimate of drug-likeness (QED) is 0.250. The zero-order valence-corrected chi connectivity index (χ0v) is 5.82. The predicted octanol–water partition coefficient (Wildman–Crippen LogP) is -2.18. The summed E-state index contributed by atoms with van der Waals surface area (Å²) in [5, 5.41) is 18.7. The third-order valence-electron chi connectivity index (χ3n) is 0.333. The van der Waals surface area contributed by atoms with E-state index in [1.165, 1.54) is 0 Å². The van der Waals surface area contributed by atoms with Gasteiger partial charge in [-0.05, 0) is 0 Å². The van der Waals surface area contributed by atoms with E-state index < -0.39 is 18.5 Å². The van der Waals surface area contributed by atoms with Gasteiger partial charge in [0.15, 0.2) is 0 Å². The van der Waals surface area contributed by atoms with Crippen molar-refractivity contribution in [1.29, 1.82) is 0 Å².